The number of hydrogen-bond acceptors (Lipinski definition) is 2. The van der Waals surface area contributed by atoms with Crippen LogP contribution in [0.2, 0.25) is 0 Å². The zero-order valence-corrected chi connectivity index (χ0v) is 9.97. The normalized spacial score (nSPS) is 11.6. The minimum atomic E-state index is -3.05. The molecule has 0 aromatic heterocycles. The molecule has 3 nitrogen and oxygen atoms in total. The van der Waals surface area contributed by atoms with Crippen molar-refractivity contribution in [3.63, 3.8) is 0 Å². The first-order valence-electron chi connectivity index (χ1n) is 5.06. The predicted octanol–water partition coefficient (Wildman–Crippen LogP) is 1.48. The SMILES string of the molecule is CCS(=O)(=O)NCCc1ccc(C)cc1. The molecule has 15 heavy (non-hydrogen) atoms. The molecule has 84 valence electrons. The van der Waals surface area contributed by atoms with E-state index in [1.165, 1.54) is 5.56 Å². The summed E-state index contributed by atoms with van der Waals surface area (Å²) in [6.45, 7) is 4.14. The van der Waals surface area contributed by atoms with Crippen molar-refractivity contribution in [3.8, 4) is 0 Å². The molecular weight excluding hydrogens is 210 g/mol. The van der Waals surface area contributed by atoms with Gasteiger partial charge in [-0.05, 0) is 25.8 Å². The molecule has 0 saturated heterocycles. The van der Waals surface area contributed by atoms with E-state index in [4.69, 9.17) is 0 Å². The first-order valence-corrected chi connectivity index (χ1v) is 6.71. The van der Waals surface area contributed by atoms with E-state index < -0.39 is 10.0 Å². The highest BCUT2D eigenvalue weighted by molar-refractivity contribution is 7.89. The number of benzene rings is 1. The average Bonchev–Trinajstić information content (AvgIpc) is 2.21. The molecular formula is C11H17NO2S. The highest BCUT2D eigenvalue weighted by atomic mass is 32.2. The van der Waals surface area contributed by atoms with Gasteiger partial charge < -0.3 is 0 Å². The molecule has 0 heterocycles. The van der Waals surface area contributed by atoms with Crippen LogP contribution in [-0.4, -0.2) is 20.7 Å². The van der Waals surface area contributed by atoms with Crippen LogP contribution in [0.15, 0.2) is 24.3 Å². The summed E-state index contributed by atoms with van der Waals surface area (Å²) >= 11 is 0. The minimum absolute atomic E-state index is 0.140. The molecule has 0 aliphatic carbocycles. The van der Waals surface area contributed by atoms with Crippen molar-refractivity contribution in [3.05, 3.63) is 35.4 Å². The first-order chi connectivity index (χ1) is 7.03. The fourth-order valence-corrected chi connectivity index (χ4v) is 1.82. The van der Waals surface area contributed by atoms with Crippen molar-refractivity contribution in [2.45, 2.75) is 20.3 Å². The quantitative estimate of drug-likeness (QED) is 0.828. The van der Waals surface area contributed by atoms with Gasteiger partial charge in [-0.1, -0.05) is 29.8 Å². The molecule has 0 amide bonds. The van der Waals surface area contributed by atoms with Crippen LogP contribution in [0.4, 0.5) is 0 Å². The molecule has 1 aromatic rings. The van der Waals surface area contributed by atoms with E-state index in [-0.39, 0.29) is 5.75 Å². The Morgan fingerprint density at radius 2 is 1.80 bits per heavy atom. The molecule has 0 aliphatic rings. The van der Waals surface area contributed by atoms with Crippen LogP contribution in [0, 0.1) is 6.92 Å². The molecule has 0 unspecified atom stereocenters. The second-order valence-electron chi connectivity index (χ2n) is 3.53. The van der Waals surface area contributed by atoms with Crippen LogP contribution < -0.4 is 4.72 Å². The van der Waals surface area contributed by atoms with E-state index in [0.717, 1.165) is 12.0 Å². The van der Waals surface area contributed by atoms with Gasteiger partial charge in [-0.25, -0.2) is 13.1 Å². The maximum absolute atomic E-state index is 11.1. The molecule has 1 N–H and O–H groups in total. The van der Waals surface area contributed by atoms with Gasteiger partial charge in [0.05, 0.1) is 5.75 Å². The molecule has 0 atom stereocenters. The number of nitrogens with one attached hydrogen (secondary N) is 1. The van der Waals surface area contributed by atoms with Gasteiger partial charge in [0.25, 0.3) is 0 Å². The third-order valence-electron chi connectivity index (χ3n) is 2.24. The lowest BCUT2D eigenvalue weighted by Gasteiger charge is -2.04. The Bertz CT molecular complexity index is 395. The minimum Gasteiger partial charge on any atom is -0.215 e. The van der Waals surface area contributed by atoms with Gasteiger partial charge in [0, 0.05) is 6.54 Å². The Morgan fingerprint density at radius 3 is 2.33 bits per heavy atom. The third-order valence-corrected chi connectivity index (χ3v) is 3.64. The van der Waals surface area contributed by atoms with Gasteiger partial charge in [0.15, 0.2) is 0 Å². The van der Waals surface area contributed by atoms with Crippen molar-refractivity contribution in [1.29, 1.82) is 0 Å². The number of rotatable bonds is 5. The molecule has 0 fully saturated rings. The Hall–Kier alpha value is -0.870. The Labute approximate surface area is 91.6 Å². The Kier molecular flexibility index (Phi) is 4.29. The molecule has 0 radical (unpaired) electrons. The Morgan fingerprint density at radius 1 is 1.20 bits per heavy atom. The van der Waals surface area contributed by atoms with Crippen LogP contribution in [0.5, 0.6) is 0 Å². The lowest BCUT2D eigenvalue weighted by atomic mass is 10.1. The lowest BCUT2D eigenvalue weighted by Crippen LogP contribution is -2.27. The van der Waals surface area contributed by atoms with Gasteiger partial charge in [-0.2, -0.15) is 0 Å². The second-order valence-corrected chi connectivity index (χ2v) is 5.63. The van der Waals surface area contributed by atoms with Gasteiger partial charge in [-0.3, -0.25) is 0 Å². The van der Waals surface area contributed by atoms with E-state index in [1.54, 1.807) is 6.92 Å². The predicted molar refractivity (Wildman–Crippen MR) is 62.3 cm³/mol. The van der Waals surface area contributed by atoms with E-state index >= 15 is 0 Å². The summed E-state index contributed by atoms with van der Waals surface area (Å²) in [4.78, 5) is 0. The number of aryl methyl sites for hydroxylation is 1. The first kappa shape index (κ1) is 12.2. The van der Waals surface area contributed by atoms with Crippen LogP contribution in [-0.2, 0) is 16.4 Å². The molecule has 1 aromatic carbocycles. The van der Waals surface area contributed by atoms with Crippen molar-refractivity contribution in [2.24, 2.45) is 0 Å². The molecule has 0 spiro atoms. The molecule has 0 saturated carbocycles. The highest BCUT2D eigenvalue weighted by Gasteiger charge is 2.04. The maximum Gasteiger partial charge on any atom is 0.211 e. The standard InChI is InChI=1S/C11H17NO2S/c1-3-15(13,14)12-9-8-11-6-4-10(2)5-7-11/h4-7,12H,3,8-9H2,1-2H3. The molecule has 0 bridgehead atoms. The summed E-state index contributed by atoms with van der Waals surface area (Å²) < 4.78 is 24.8. The van der Waals surface area contributed by atoms with Gasteiger partial charge in [0.2, 0.25) is 10.0 Å². The van der Waals surface area contributed by atoms with Crippen LogP contribution in [0.25, 0.3) is 0 Å². The lowest BCUT2D eigenvalue weighted by molar-refractivity contribution is 0.583. The van der Waals surface area contributed by atoms with Crippen molar-refractivity contribution in [1.82, 2.24) is 4.72 Å². The summed E-state index contributed by atoms with van der Waals surface area (Å²) in [6.07, 6.45) is 0.736. The van der Waals surface area contributed by atoms with E-state index in [0.29, 0.717) is 6.54 Å². The summed E-state index contributed by atoms with van der Waals surface area (Å²) in [5.74, 6) is 0.140. The fourth-order valence-electron chi connectivity index (χ4n) is 1.21. The summed E-state index contributed by atoms with van der Waals surface area (Å²) in [5.41, 5.74) is 2.37. The van der Waals surface area contributed by atoms with Crippen LogP contribution in [0.1, 0.15) is 18.1 Å². The molecule has 0 aliphatic heterocycles. The van der Waals surface area contributed by atoms with E-state index in [9.17, 15) is 8.42 Å². The highest BCUT2D eigenvalue weighted by Crippen LogP contribution is 2.03. The Balaban J connectivity index is 2.42. The third kappa shape index (κ3) is 4.44. The fraction of sp³-hybridized carbons (Fsp3) is 0.455. The summed E-state index contributed by atoms with van der Waals surface area (Å²) in [6, 6.07) is 8.11. The summed E-state index contributed by atoms with van der Waals surface area (Å²) in [5, 5.41) is 0. The topological polar surface area (TPSA) is 46.2 Å². The summed E-state index contributed by atoms with van der Waals surface area (Å²) in [7, 11) is -3.05. The largest absolute Gasteiger partial charge is 0.215 e. The van der Waals surface area contributed by atoms with Gasteiger partial charge in [-0.15, -0.1) is 0 Å². The van der Waals surface area contributed by atoms with Crippen molar-refractivity contribution < 1.29 is 8.42 Å². The van der Waals surface area contributed by atoms with E-state index in [2.05, 4.69) is 4.72 Å². The number of hydrogen-bond donors (Lipinski definition) is 1. The van der Waals surface area contributed by atoms with Gasteiger partial charge >= 0.3 is 0 Å². The van der Waals surface area contributed by atoms with Gasteiger partial charge in [0.1, 0.15) is 0 Å². The molecule has 4 heteroatoms. The van der Waals surface area contributed by atoms with E-state index in [1.807, 2.05) is 31.2 Å². The monoisotopic (exact) mass is 227 g/mol. The van der Waals surface area contributed by atoms with Crippen molar-refractivity contribution >= 4 is 10.0 Å². The van der Waals surface area contributed by atoms with Crippen LogP contribution in [0.3, 0.4) is 0 Å². The second kappa shape index (κ2) is 5.28. The smallest absolute Gasteiger partial charge is 0.211 e. The average molecular weight is 227 g/mol. The maximum atomic E-state index is 11.1. The number of sulfonamides is 1. The van der Waals surface area contributed by atoms with Crippen molar-refractivity contribution in [2.75, 3.05) is 12.3 Å². The van der Waals surface area contributed by atoms with Crippen LogP contribution >= 0.6 is 0 Å². The molecule has 1 rings (SSSR count). The zero-order chi connectivity index (χ0) is 11.3. The zero-order valence-electron chi connectivity index (χ0n) is 9.16.